The Labute approximate surface area is 172 Å². The third-order valence-electron chi connectivity index (χ3n) is 5.20. The molecule has 5 nitrogen and oxygen atoms in total. The monoisotopic (exact) mass is 401 g/mol. The number of nitrogens with zero attached hydrogens (tertiary/aromatic N) is 1. The largest absolute Gasteiger partial charge is 0.325 e. The van der Waals surface area contributed by atoms with Crippen molar-refractivity contribution in [2.75, 3.05) is 23.3 Å². The van der Waals surface area contributed by atoms with Crippen molar-refractivity contribution in [2.24, 2.45) is 5.92 Å². The molecule has 1 aliphatic rings. The van der Waals surface area contributed by atoms with Gasteiger partial charge in [0.1, 0.15) is 0 Å². The maximum Gasteiger partial charge on any atom is 0.229 e. The Hall–Kier alpha value is -2.37. The molecule has 1 heterocycles. The molecule has 1 saturated heterocycles. The first kappa shape index (κ1) is 21.9. The molecule has 150 valence electrons. The Morgan fingerprint density at radius 3 is 2.64 bits per heavy atom. The lowest BCUT2D eigenvalue weighted by atomic mass is 10.1. The molecule has 0 spiro atoms. The van der Waals surface area contributed by atoms with E-state index in [2.05, 4.69) is 10.6 Å². The average Bonchev–Trinajstić information content (AvgIpc) is 3.05. The van der Waals surface area contributed by atoms with E-state index in [4.69, 9.17) is 0 Å². The first-order valence-corrected chi connectivity index (χ1v) is 9.47. The molecule has 2 N–H and O–H groups in total. The number of benzene rings is 2. The second-order valence-corrected chi connectivity index (χ2v) is 7.05. The molecule has 0 radical (unpaired) electrons. The van der Waals surface area contributed by atoms with Crippen molar-refractivity contribution in [3.63, 3.8) is 0 Å². The van der Waals surface area contributed by atoms with E-state index in [0.717, 1.165) is 34.6 Å². The number of para-hydroxylation sites is 1. The van der Waals surface area contributed by atoms with Gasteiger partial charge >= 0.3 is 0 Å². The SMILES string of the molecule is CCNCc1ccccc1NC(=O)C1CC(=O)N(c2cccc(C)c2C)C1.Cl. The zero-order chi connectivity index (χ0) is 19.4. The summed E-state index contributed by atoms with van der Waals surface area (Å²) in [6.45, 7) is 8.08. The highest BCUT2D eigenvalue weighted by atomic mass is 35.5. The van der Waals surface area contributed by atoms with Crippen molar-refractivity contribution in [3.05, 3.63) is 59.2 Å². The van der Waals surface area contributed by atoms with Crippen LogP contribution in [0.4, 0.5) is 11.4 Å². The van der Waals surface area contributed by atoms with Crippen molar-refractivity contribution < 1.29 is 9.59 Å². The minimum Gasteiger partial charge on any atom is -0.325 e. The first-order valence-electron chi connectivity index (χ1n) is 9.47. The van der Waals surface area contributed by atoms with Gasteiger partial charge in [-0.2, -0.15) is 0 Å². The number of hydrogen-bond acceptors (Lipinski definition) is 3. The fourth-order valence-corrected chi connectivity index (χ4v) is 3.43. The zero-order valence-corrected chi connectivity index (χ0v) is 17.4. The van der Waals surface area contributed by atoms with Gasteiger partial charge in [0, 0.05) is 30.9 Å². The number of carbonyl (C=O) groups excluding carboxylic acids is 2. The Morgan fingerprint density at radius 2 is 1.89 bits per heavy atom. The summed E-state index contributed by atoms with van der Waals surface area (Å²) in [7, 11) is 0. The van der Waals surface area contributed by atoms with Gasteiger partial charge in [-0.15, -0.1) is 12.4 Å². The number of nitrogens with one attached hydrogen (secondary N) is 2. The van der Waals surface area contributed by atoms with Crippen LogP contribution in [-0.2, 0) is 16.1 Å². The van der Waals surface area contributed by atoms with Crippen LogP contribution < -0.4 is 15.5 Å². The van der Waals surface area contributed by atoms with Gasteiger partial charge in [-0.05, 0) is 49.2 Å². The van der Waals surface area contributed by atoms with E-state index >= 15 is 0 Å². The summed E-state index contributed by atoms with van der Waals surface area (Å²) in [4.78, 5) is 27.1. The van der Waals surface area contributed by atoms with Gasteiger partial charge in [-0.3, -0.25) is 9.59 Å². The molecule has 3 rings (SSSR count). The lowest BCUT2D eigenvalue weighted by Gasteiger charge is -2.20. The van der Waals surface area contributed by atoms with Crippen LogP contribution in [0.2, 0.25) is 0 Å². The molecule has 28 heavy (non-hydrogen) atoms. The molecule has 2 aromatic rings. The molecule has 2 amide bonds. The molecular formula is C22H28ClN3O2. The average molecular weight is 402 g/mol. The van der Waals surface area contributed by atoms with Crippen molar-refractivity contribution in [1.29, 1.82) is 0 Å². The van der Waals surface area contributed by atoms with Crippen molar-refractivity contribution in [2.45, 2.75) is 33.7 Å². The van der Waals surface area contributed by atoms with E-state index in [1.807, 2.05) is 63.2 Å². The van der Waals surface area contributed by atoms with Crippen LogP contribution in [-0.4, -0.2) is 24.9 Å². The molecule has 0 aliphatic carbocycles. The van der Waals surface area contributed by atoms with Gasteiger partial charge in [-0.25, -0.2) is 0 Å². The van der Waals surface area contributed by atoms with E-state index in [9.17, 15) is 9.59 Å². The van der Waals surface area contributed by atoms with Crippen LogP contribution in [0.5, 0.6) is 0 Å². The number of amides is 2. The molecule has 1 atom stereocenters. The normalized spacial score (nSPS) is 16.0. The molecule has 1 fully saturated rings. The van der Waals surface area contributed by atoms with Gasteiger partial charge in [0.2, 0.25) is 11.8 Å². The highest BCUT2D eigenvalue weighted by molar-refractivity contribution is 6.04. The van der Waals surface area contributed by atoms with Crippen LogP contribution in [0, 0.1) is 19.8 Å². The lowest BCUT2D eigenvalue weighted by Crippen LogP contribution is -2.29. The summed E-state index contributed by atoms with van der Waals surface area (Å²) in [5.74, 6) is -0.436. The smallest absolute Gasteiger partial charge is 0.229 e. The lowest BCUT2D eigenvalue weighted by molar-refractivity contribution is -0.122. The Kier molecular flexibility index (Phi) is 7.61. The van der Waals surface area contributed by atoms with E-state index in [1.165, 1.54) is 0 Å². The van der Waals surface area contributed by atoms with E-state index in [0.29, 0.717) is 13.1 Å². The summed E-state index contributed by atoms with van der Waals surface area (Å²) in [6, 6.07) is 13.7. The van der Waals surface area contributed by atoms with E-state index in [-0.39, 0.29) is 36.6 Å². The van der Waals surface area contributed by atoms with Crippen LogP contribution in [0.1, 0.15) is 30.0 Å². The fourth-order valence-electron chi connectivity index (χ4n) is 3.43. The highest BCUT2D eigenvalue weighted by Crippen LogP contribution is 2.30. The number of hydrogen-bond donors (Lipinski definition) is 2. The summed E-state index contributed by atoms with van der Waals surface area (Å²) in [6.07, 6.45) is 0.245. The third-order valence-corrected chi connectivity index (χ3v) is 5.20. The quantitative estimate of drug-likeness (QED) is 0.773. The second-order valence-electron chi connectivity index (χ2n) is 7.05. The maximum absolute atomic E-state index is 12.8. The summed E-state index contributed by atoms with van der Waals surface area (Å²) >= 11 is 0. The summed E-state index contributed by atoms with van der Waals surface area (Å²) < 4.78 is 0. The first-order chi connectivity index (χ1) is 13.0. The topological polar surface area (TPSA) is 61.4 Å². The van der Waals surface area contributed by atoms with Crippen LogP contribution in [0.25, 0.3) is 0 Å². The van der Waals surface area contributed by atoms with Gasteiger partial charge in [0.05, 0.1) is 5.92 Å². The summed E-state index contributed by atoms with van der Waals surface area (Å²) in [5, 5.41) is 6.30. The van der Waals surface area contributed by atoms with Crippen LogP contribution in [0.3, 0.4) is 0 Å². The van der Waals surface area contributed by atoms with Gasteiger partial charge in [0.25, 0.3) is 0 Å². The molecule has 1 aliphatic heterocycles. The molecule has 2 aromatic carbocycles. The second kappa shape index (κ2) is 9.71. The molecule has 0 bridgehead atoms. The molecule has 6 heteroatoms. The van der Waals surface area contributed by atoms with Crippen LogP contribution >= 0.6 is 12.4 Å². The van der Waals surface area contributed by atoms with Gasteiger partial charge < -0.3 is 15.5 Å². The van der Waals surface area contributed by atoms with E-state index in [1.54, 1.807) is 4.90 Å². The minimum atomic E-state index is -0.343. The number of anilines is 2. The number of halogens is 1. The Morgan fingerprint density at radius 1 is 1.14 bits per heavy atom. The predicted molar refractivity (Wildman–Crippen MR) is 116 cm³/mol. The third kappa shape index (κ3) is 4.72. The van der Waals surface area contributed by atoms with Gasteiger partial charge in [-0.1, -0.05) is 37.3 Å². The predicted octanol–water partition coefficient (Wildman–Crippen LogP) is 3.83. The van der Waals surface area contributed by atoms with Gasteiger partial charge in [0.15, 0.2) is 0 Å². The standard InChI is InChI=1S/C22H27N3O2.ClH/c1-4-23-13-17-9-5-6-10-19(17)24-22(27)18-12-21(26)25(14-18)20-11-7-8-15(2)16(20)3;/h5-11,18,23H,4,12-14H2,1-3H3,(H,24,27);1H. The maximum atomic E-state index is 12.8. The fraction of sp³-hybridized carbons (Fsp3) is 0.364. The highest BCUT2D eigenvalue weighted by Gasteiger charge is 2.35. The van der Waals surface area contributed by atoms with Crippen molar-refractivity contribution >= 4 is 35.6 Å². The number of aryl methyl sites for hydroxylation is 1. The molecule has 0 saturated carbocycles. The van der Waals surface area contributed by atoms with Crippen LogP contribution in [0.15, 0.2) is 42.5 Å². The minimum absolute atomic E-state index is 0. The van der Waals surface area contributed by atoms with Crippen molar-refractivity contribution in [1.82, 2.24) is 5.32 Å². The number of rotatable bonds is 6. The Balaban J connectivity index is 0.00000280. The number of carbonyl (C=O) groups is 2. The Bertz CT molecular complexity index is 853. The molecule has 0 aromatic heterocycles. The summed E-state index contributed by atoms with van der Waals surface area (Å²) in [5.41, 5.74) is 4.99. The van der Waals surface area contributed by atoms with Crippen molar-refractivity contribution in [3.8, 4) is 0 Å². The molecule has 1 unspecified atom stereocenters. The van der Waals surface area contributed by atoms with E-state index < -0.39 is 0 Å². The zero-order valence-electron chi connectivity index (χ0n) is 16.6. The molecular weight excluding hydrogens is 374 g/mol.